The van der Waals surface area contributed by atoms with E-state index in [0.29, 0.717) is 65.4 Å². The van der Waals surface area contributed by atoms with Crippen molar-refractivity contribution < 1.29 is 38.4 Å². The number of aliphatic hydroxyl groups is 1. The fraction of sp³-hybridized carbons (Fsp3) is 0.583. The summed E-state index contributed by atoms with van der Waals surface area (Å²) < 4.78 is 21.5. The molecule has 47 heavy (non-hydrogen) atoms. The minimum Gasteiger partial charge on any atom is -0.449 e. The van der Waals surface area contributed by atoms with Crippen molar-refractivity contribution in [3.8, 4) is 11.1 Å². The molecule has 11 nitrogen and oxygen atoms in total. The zero-order valence-electron chi connectivity index (χ0n) is 28.1. The van der Waals surface area contributed by atoms with Crippen LogP contribution in [0.25, 0.3) is 11.1 Å². The van der Waals surface area contributed by atoms with E-state index >= 15 is 0 Å². The molecule has 3 amide bonds. The summed E-state index contributed by atoms with van der Waals surface area (Å²) in [4.78, 5) is 36.6. The number of amides is 3. The Labute approximate surface area is 279 Å². The van der Waals surface area contributed by atoms with Gasteiger partial charge in [-0.1, -0.05) is 36.4 Å². The molecule has 0 spiro atoms. The maximum atomic E-state index is 12.3. The summed E-state index contributed by atoms with van der Waals surface area (Å²) in [5, 5.41) is 17.1. The highest BCUT2D eigenvalue weighted by molar-refractivity contribution is 5.80. The van der Waals surface area contributed by atoms with Crippen molar-refractivity contribution in [3.05, 3.63) is 58.7 Å². The number of rotatable bonds is 24. The minimum absolute atomic E-state index is 0.00197. The monoisotopic (exact) mass is 655 g/mol. The Bertz CT molecular complexity index is 1170. The number of carbonyl (C=O) groups excluding carboxylic acids is 3. The van der Waals surface area contributed by atoms with E-state index < -0.39 is 6.09 Å². The zero-order valence-corrected chi connectivity index (χ0v) is 28.1. The first-order valence-corrected chi connectivity index (χ1v) is 16.9. The van der Waals surface area contributed by atoms with Crippen LogP contribution in [0.3, 0.4) is 0 Å². The number of benzene rings is 2. The SMILES string of the molecule is CNC(=O)OCC1c2cc(CCCC(=O)NCCOCCCCO)ccc2-c2ccc(CCCC(=O)NCCOCCCOC)cc21. The van der Waals surface area contributed by atoms with Crippen molar-refractivity contribution in [1.29, 1.82) is 0 Å². The fourth-order valence-corrected chi connectivity index (χ4v) is 5.61. The lowest BCUT2D eigenvalue weighted by atomic mass is 9.94. The lowest BCUT2D eigenvalue weighted by Crippen LogP contribution is -2.27. The molecule has 0 fully saturated rings. The standard InChI is InChI=1S/C36H53N3O8/c1-37-36(43)47-26-33-31-24-27(8-5-10-34(41)38-16-22-45-20-4-3-18-40)12-14-29(31)30-15-13-28(25-32(30)33)9-6-11-35(42)39-17-23-46-21-7-19-44-2/h12-15,24-25,33,40H,3-11,16-23,26H2,1-2H3,(H,37,43)(H,38,41)(H,39,42). The molecule has 2 aromatic carbocycles. The van der Waals surface area contributed by atoms with Crippen LogP contribution < -0.4 is 16.0 Å². The van der Waals surface area contributed by atoms with E-state index in [9.17, 15) is 14.4 Å². The van der Waals surface area contributed by atoms with Gasteiger partial charge >= 0.3 is 6.09 Å². The number of ether oxygens (including phenoxy) is 4. The van der Waals surface area contributed by atoms with Gasteiger partial charge in [-0.15, -0.1) is 0 Å². The normalized spacial score (nSPS) is 13.1. The second kappa shape index (κ2) is 22.1. The van der Waals surface area contributed by atoms with Gasteiger partial charge in [-0.05, 0) is 78.3 Å². The maximum absolute atomic E-state index is 12.3. The Morgan fingerprint density at radius 3 is 1.79 bits per heavy atom. The molecule has 0 aromatic heterocycles. The van der Waals surface area contributed by atoms with Crippen molar-refractivity contribution in [2.45, 2.75) is 63.7 Å². The van der Waals surface area contributed by atoms with E-state index in [1.54, 1.807) is 14.2 Å². The molecular formula is C36H53N3O8. The fourth-order valence-electron chi connectivity index (χ4n) is 5.61. The van der Waals surface area contributed by atoms with Crippen LogP contribution >= 0.6 is 0 Å². The van der Waals surface area contributed by atoms with E-state index in [-0.39, 0.29) is 30.9 Å². The maximum Gasteiger partial charge on any atom is 0.406 e. The molecule has 1 atom stereocenters. The lowest BCUT2D eigenvalue weighted by molar-refractivity contribution is -0.122. The van der Waals surface area contributed by atoms with Crippen molar-refractivity contribution in [2.75, 3.05) is 73.5 Å². The average Bonchev–Trinajstić information content (AvgIpc) is 3.38. The van der Waals surface area contributed by atoms with E-state index in [0.717, 1.165) is 71.9 Å². The Morgan fingerprint density at radius 2 is 1.28 bits per heavy atom. The van der Waals surface area contributed by atoms with E-state index in [4.69, 9.17) is 24.1 Å². The number of aliphatic hydroxyl groups excluding tert-OH is 1. The number of fused-ring (bicyclic) bond motifs is 3. The van der Waals surface area contributed by atoms with Gasteiger partial charge in [-0.2, -0.15) is 0 Å². The van der Waals surface area contributed by atoms with Crippen molar-refractivity contribution in [1.82, 2.24) is 16.0 Å². The smallest absolute Gasteiger partial charge is 0.406 e. The summed E-state index contributed by atoms with van der Waals surface area (Å²) in [5.41, 5.74) is 6.76. The van der Waals surface area contributed by atoms with E-state index in [1.807, 2.05) is 0 Å². The minimum atomic E-state index is -0.472. The quantitative estimate of drug-likeness (QED) is 0.125. The molecular weight excluding hydrogens is 602 g/mol. The van der Waals surface area contributed by atoms with Crippen LogP contribution in [0.5, 0.6) is 0 Å². The molecule has 0 bridgehead atoms. The number of unbranched alkanes of at least 4 members (excludes halogenated alkanes) is 1. The van der Waals surface area contributed by atoms with Gasteiger partial charge in [0.25, 0.3) is 0 Å². The molecule has 0 aliphatic heterocycles. The van der Waals surface area contributed by atoms with Crippen LogP contribution in [0.4, 0.5) is 4.79 Å². The first-order valence-electron chi connectivity index (χ1n) is 16.9. The first-order chi connectivity index (χ1) is 23.0. The number of aryl methyl sites for hydroxylation is 2. The van der Waals surface area contributed by atoms with Crippen molar-refractivity contribution in [2.24, 2.45) is 0 Å². The molecule has 2 aromatic rings. The summed E-state index contributed by atoms with van der Waals surface area (Å²) in [5.74, 6) is -0.0903. The van der Waals surface area contributed by atoms with Gasteiger partial charge in [0, 0.05) is 72.4 Å². The van der Waals surface area contributed by atoms with Crippen LogP contribution in [0.2, 0.25) is 0 Å². The van der Waals surface area contributed by atoms with E-state index in [2.05, 4.69) is 52.3 Å². The summed E-state index contributed by atoms with van der Waals surface area (Å²) >= 11 is 0. The van der Waals surface area contributed by atoms with Crippen LogP contribution in [-0.4, -0.2) is 96.5 Å². The highest BCUT2D eigenvalue weighted by Gasteiger charge is 2.30. The first kappa shape index (κ1) is 37.9. The molecule has 0 saturated heterocycles. The largest absolute Gasteiger partial charge is 0.449 e. The zero-order chi connectivity index (χ0) is 33.7. The van der Waals surface area contributed by atoms with Crippen LogP contribution in [0.1, 0.15) is 73.1 Å². The Balaban J connectivity index is 1.51. The van der Waals surface area contributed by atoms with Gasteiger partial charge in [0.15, 0.2) is 0 Å². The molecule has 0 radical (unpaired) electrons. The van der Waals surface area contributed by atoms with E-state index in [1.165, 1.54) is 0 Å². The number of alkyl carbamates (subject to hydrolysis) is 1. The lowest BCUT2D eigenvalue weighted by Gasteiger charge is -2.15. The molecule has 0 heterocycles. The molecule has 260 valence electrons. The van der Waals surface area contributed by atoms with Gasteiger partial charge in [-0.3, -0.25) is 9.59 Å². The predicted molar refractivity (Wildman–Crippen MR) is 180 cm³/mol. The van der Waals surface area contributed by atoms with Crippen molar-refractivity contribution >= 4 is 17.9 Å². The third kappa shape index (κ3) is 13.6. The molecule has 11 heteroatoms. The number of methoxy groups -OCH3 is 1. The summed E-state index contributed by atoms with van der Waals surface area (Å²) in [7, 11) is 3.21. The predicted octanol–water partition coefficient (Wildman–Crippen LogP) is 3.87. The highest BCUT2D eigenvalue weighted by atomic mass is 16.5. The molecule has 1 unspecified atom stereocenters. The van der Waals surface area contributed by atoms with Crippen LogP contribution in [-0.2, 0) is 41.4 Å². The molecule has 1 aliphatic carbocycles. The van der Waals surface area contributed by atoms with Crippen LogP contribution in [0, 0.1) is 0 Å². The number of hydrogen-bond acceptors (Lipinski definition) is 8. The molecule has 3 rings (SSSR count). The average molecular weight is 656 g/mol. The summed E-state index contributed by atoms with van der Waals surface area (Å²) in [6, 6.07) is 12.8. The second-order valence-electron chi connectivity index (χ2n) is 11.7. The van der Waals surface area contributed by atoms with Gasteiger partial charge in [-0.25, -0.2) is 4.79 Å². The second-order valence-corrected chi connectivity index (χ2v) is 11.7. The third-order valence-electron chi connectivity index (χ3n) is 8.07. The molecule has 1 aliphatic rings. The highest BCUT2D eigenvalue weighted by Crippen LogP contribution is 2.46. The number of nitrogens with one attached hydrogen (secondary N) is 3. The summed E-state index contributed by atoms with van der Waals surface area (Å²) in [6.07, 6.45) is 5.71. The summed E-state index contributed by atoms with van der Waals surface area (Å²) in [6.45, 7) is 4.17. The Morgan fingerprint density at radius 1 is 0.723 bits per heavy atom. The van der Waals surface area contributed by atoms with Crippen molar-refractivity contribution in [3.63, 3.8) is 0 Å². The number of hydrogen-bond donors (Lipinski definition) is 4. The van der Waals surface area contributed by atoms with Gasteiger partial charge in [0.05, 0.1) is 13.2 Å². The van der Waals surface area contributed by atoms with Gasteiger partial charge < -0.3 is 40.0 Å². The Hall–Kier alpha value is -3.51. The van der Waals surface area contributed by atoms with Gasteiger partial charge in [0.2, 0.25) is 11.8 Å². The topological polar surface area (TPSA) is 144 Å². The van der Waals surface area contributed by atoms with Gasteiger partial charge in [0.1, 0.15) is 6.61 Å². The number of carbonyl (C=O) groups is 3. The third-order valence-corrected chi connectivity index (χ3v) is 8.07. The Kier molecular flexibility index (Phi) is 17.9. The van der Waals surface area contributed by atoms with Crippen LogP contribution in [0.15, 0.2) is 36.4 Å². The molecule has 4 N–H and O–H groups in total. The molecule has 0 saturated carbocycles.